The van der Waals surface area contributed by atoms with Crippen molar-refractivity contribution in [1.29, 1.82) is 0 Å². The van der Waals surface area contributed by atoms with E-state index in [0.717, 1.165) is 24.3 Å². The van der Waals surface area contributed by atoms with Gasteiger partial charge >= 0.3 is 24.5 Å². The SMILES string of the molecule is CC(C)(C)OC(=O)N=C(NC(=O)OC(C)(C)C)N1CCCC1c1nc(-c2ccc(OC/C=C/c3ccc(C(F)(F)F)cc3)c(C(F)(F)F)c2)no1. The van der Waals surface area contributed by atoms with Gasteiger partial charge in [-0.2, -0.15) is 31.3 Å². The molecule has 51 heavy (non-hydrogen) atoms. The molecule has 2 heterocycles. The zero-order valence-electron chi connectivity index (χ0n) is 28.6. The first kappa shape index (κ1) is 38.7. The van der Waals surface area contributed by atoms with Crippen molar-refractivity contribution in [3.05, 3.63) is 71.1 Å². The topological polar surface area (TPSA) is 128 Å². The number of halogens is 6. The van der Waals surface area contributed by atoms with Crippen molar-refractivity contribution in [1.82, 2.24) is 20.4 Å². The highest BCUT2D eigenvalue weighted by atomic mass is 19.4. The van der Waals surface area contributed by atoms with Crippen LogP contribution in [0.5, 0.6) is 5.75 Å². The molecule has 1 fully saturated rings. The zero-order chi connectivity index (χ0) is 37.8. The first-order chi connectivity index (χ1) is 23.6. The maximum Gasteiger partial charge on any atom is 0.437 e. The Kier molecular flexibility index (Phi) is 11.4. The van der Waals surface area contributed by atoms with E-state index >= 15 is 0 Å². The number of rotatable bonds is 6. The van der Waals surface area contributed by atoms with Crippen molar-refractivity contribution in [2.24, 2.45) is 4.99 Å². The zero-order valence-corrected chi connectivity index (χ0v) is 28.6. The van der Waals surface area contributed by atoms with Gasteiger partial charge < -0.3 is 23.6 Å². The fraction of sp³-hybridized carbons (Fsp3) is 0.441. The predicted molar refractivity (Wildman–Crippen MR) is 172 cm³/mol. The molecule has 1 atom stereocenters. The molecule has 0 saturated carbocycles. The molecular formula is C34H37F6N5O6. The molecule has 0 bridgehead atoms. The number of hydrogen-bond acceptors (Lipinski definition) is 8. The van der Waals surface area contributed by atoms with Crippen molar-refractivity contribution in [3.63, 3.8) is 0 Å². The molecule has 1 unspecified atom stereocenters. The molecule has 1 aliphatic heterocycles. The molecule has 276 valence electrons. The third-order valence-corrected chi connectivity index (χ3v) is 6.88. The highest BCUT2D eigenvalue weighted by Gasteiger charge is 2.37. The quantitative estimate of drug-likeness (QED) is 0.151. The molecule has 3 aromatic rings. The molecule has 0 spiro atoms. The van der Waals surface area contributed by atoms with Crippen LogP contribution in [0.3, 0.4) is 0 Å². The van der Waals surface area contributed by atoms with E-state index in [9.17, 15) is 35.9 Å². The Morgan fingerprint density at radius 2 is 1.63 bits per heavy atom. The number of amides is 2. The second kappa shape index (κ2) is 15.0. The number of guanidine groups is 1. The Hall–Kier alpha value is -5.09. The van der Waals surface area contributed by atoms with Gasteiger partial charge in [-0.1, -0.05) is 23.4 Å². The minimum atomic E-state index is -4.84. The number of carbonyl (C=O) groups is 2. The summed E-state index contributed by atoms with van der Waals surface area (Å²) >= 11 is 0. The Balaban J connectivity index is 1.54. The summed E-state index contributed by atoms with van der Waals surface area (Å²) in [6, 6.07) is 6.73. The van der Waals surface area contributed by atoms with Crippen LogP contribution < -0.4 is 10.1 Å². The van der Waals surface area contributed by atoms with Crippen molar-refractivity contribution in [2.45, 2.75) is 84.0 Å². The fourth-order valence-corrected chi connectivity index (χ4v) is 4.82. The predicted octanol–water partition coefficient (Wildman–Crippen LogP) is 8.82. The second-order valence-corrected chi connectivity index (χ2v) is 13.4. The number of aromatic nitrogens is 2. The van der Waals surface area contributed by atoms with E-state index in [-0.39, 0.29) is 36.4 Å². The van der Waals surface area contributed by atoms with Gasteiger partial charge in [0.25, 0.3) is 0 Å². The lowest BCUT2D eigenvalue weighted by Crippen LogP contribution is -2.46. The Labute approximate surface area is 289 Å². The molecule has 1 aliphatic rings. The summed E-state index contributed by atoms with van der Waals surface area (Å²) < 4.78 is 102. The molecule has 2 aromatic carbocycles. The minimum absolute atomic E-state index is 0.00679. The lowest BCUT2D eigenvalue weighted by atomic mass is 10.1. The minimum Gasteiger partial charge on any atom is -0.489 e. The molecule has 0 radical (unpaired) electrons. The van der Waals surface area contributed by atoms with E-state index < -0.39 is 58.7 Å². The number of aliphatic imine (C=N–C) groups is 1. The fourth-order valence-electron chi connectivity index (χ4n) is 4.82. The van der Waals surface area contributed by atoms with E-state index in [1.54, 1.807) is 41.5 Å². The second-order valence-electron chi connectivity index (χ2n) is 13.4. The van der Waals surface area contributed by atoms with Crippen molar-refractivity contribution < 1.29 is 54.7 Å². The number of ether oxygens (including phenoxy) is 3. The summed E-state index contributed by atoms with van der Waals surface area (Å²) in [7, 11) is 0. The van der Waals surface area contributed by atoms with E-state index in [4.69, 9.17) is 18.7 Å². The van der Waals surface area contributed by atoms with E-state index in [0.29, 0.717) is 18.4 Å². The monoisotopic (exact) mass is 725 g/mol. The largest absolute Gasteiger partial charge is 0.489 e. The molecule has 2 amide bonds. The van der Waals surface area contributed by atoms with Gasteiger partial charge in [0.05, 0.1) is 11.1 Å². The summed E-state index contributed by atoms with van der Waals surface area (Å²) in [5, 5.41) is 6.36. The third kappa shape index (κ3) is 11.2. The molecule has 0 aliphatic carbocycles. The maximum absolute atomic E-state index is 14.1. The van der Waals surface area contributed by atoms with Gasteiger partial charge in [0.1, 0.15) is 29.6 Å². The molecule has 17 heteroatoms. The van der Waals surface area contributed by atoms with Crippen LogP contribution in [0.4, 0.5) is 35.9 Å². The number of nitrogens with one attached hydrogen (secondary N) is 1. The first-order valence-corrected chi connectivity index (χ1v) is 15.7. The van der Waals surface area contributed by atoms with Gasteiger partial charge in [0, 0.05) is 12.1 Å². The number of alkyl halides is 6. The van der Waals surface area contributed by atoms with Crippen molar-refractivity contribution >= 4 is 24.2 Å². The lowest BCUT2D eigenvalue weighted by molar-refractivity contribution is -0.139. The Morgan fingerprint density at radius 3 is 2.24 bits per heavy atom. The average molecular weight is 726 g/mol. The average Bonchev–Trinajstić information content (AvgIpc) is 3.67. The number of alkyl carbamates (subject to hydrolysis) is 1. The molecule has 11 nitrogen and oxygen atoms in total. The van der Waals surface area contributed by atoms with Crippen LogP contribution in [0, 0.1) is 0 Å². The maximum atomic E-state index is 14.1. The molecule has 1 aromatic heterocycles. The van der Waals surface area contributed by atoms with Gasteiger partial charge in [-0.15, -0.1) is 4.99 Å². The van der Waals surface area contributed by atoms with E-state index in [1.807, 2.05) is 0 Å². The highest BCUT2D eigenvalue weighted by Crippen LogP contribution is 2.39. The first-order valence-electron chi connectivity index (χ1n) is 15.7. The van der Waals surface area contributed by atoms with Crippen LogP contribution in [0.15, 0.2) is 58.1 Å². The summed E-state index contributed by atoms with van der Waals surface area (Å²) in [5.41, 5.74) is -3.34. The van der Waals surface area contributed by atoms with E-state index in [2.05, 4.69) is 20.4 Å². The van der Waals surface area contributed by atoms with Crippen LogP contribution in [0.1, 0.15) is 83.0 Å². The van der Waals surface area contributed by atoms with Crippen LogP contribution in [0.2, 0.25) is 0 Å². The number of nitrogens with zero attached hydrogens (tertiary/aromatic N) is 4. The van der Waals surface area contributed by atoms with Crippen molar-refractivity contribution in [2.75, 3.05) is 13.2 Å². The summed E-state index contributed by atoms with van der Waals surface area (Å²) in [6.07, 6.45) is -7.46. The number of hydrogen-bond donors (Lipinski definition) is 1. The molecule has 4 rings (SSSR count). The molecule has 1 N–H and O–H groups in total. The highest BCUT2D eigenvalue weighted by molar-refractivity contribution is 5.99. The van der Waals surface area contributed by atoms with Gasteiger partial charge in [-0.3, -0.25) is 5.32 Å². The smallest absolute Gasteiger partial charge is 0.437 e. The summed E-state index contributed by atoms with van der Waals surface area (Å²) in [5.74, 6) is -0.867. The lowest BCUT2D eigenvalue weighted by Gasteiger charge is -2.27. The Bertz CT molecular complexity index is 1750. The van der Waals surface area contributed by atoms with Crippen LogP contribution in [0.25, 0.3) is 17.5 Å². The number of carbonyl (C=O) groups excluding carboxylic acids is 2. The van der Waals surface area contributed by atoms with Gasteiger partial charge in [-0.05, 0) is 96.4 Å². The number of likely N-dealkylation sites (tertiary alicyclic amines) is 1. The standard InChI is InChI=1S/C34H37F6N5O6/c1-31(2,3)49-29(46)42-28(43-30(47)50-32(4,5)6)45-17-7-10-24(45)27-41-26(44-51-27)21-13-16-25(23(19-21)34(38,39)40)48-18-8-9-20-11-14-22(15-12-20)33(35,36)37/h8-9,11-16,19,24H,7,10,17-18H2,1-6H3,(H,42,43,46,47)/b9-8+. The normalized spacial score (nSPS) is 16.0. The van der Waals surface area contributed by atoms with Crippen LogP contribution in [-0.4, -0.2) is 57.5 Å². The summed E-state index contributed by atoms with van der Waals surface area (Å²) in [6.45, 7) is 9.89. The van der Waals surface area contributed by atoms with Crippen molar-refractivity contribution in [3.8, 4) is 17.1 Å². The Morgan fingerprint density at radius 1 is 0.961 bits per heavy atom. The van der Waals surface area contributed by atoms with Gasteiger partial charge in [0.2, 0.25) is 17.7 Å². The molecular weight excluding hydrogens is 688 g/mol. The van der Waals surface area contributed by atoms with Crippen LogP contribution in [-0.2, 0) is 21.8 Å². The summed E-state index contributed by atoms with van der Waals surface area (Å²) in [4.78, 5) is 35.1. The number of benzene rings is 2. The van der Waals surface area contributed by atoms with Gasteiger partial charge in [-0.25, -0.2) is 9.59 Å². The van der Waals surface area contributed by atoms with Crippen LogP contribution >= 0.6 is 0 Å². The third-order valence-electron chi connectivity index (χ3n) is 6.88. The van der Waals surface area contributed by atoms with Gasteiger partial charge in [0.15, 0.2) is 0 Å². The van der Waals surface area contributed by atoms with E-state index in [1.165, 1.54) is 35.3 Å². The molecule has 1 saturated heterocycles.